The Kier molecular flexibility index (Phi) is 4.75. The van der Waals surface area contributed by atoms with E-state index in [2.05, 4.69) is 24.8 Å². The molecule has 1 aliphatic rings. The predicted molar refractivity (Wildman–Crippen MR) is 81.8 cm³/mol. The third-order valence-corrected chi connectivity index (χ3v) is 5.25. The maximum absolute atomic E-state index is 9.15. The van der Waals surface area contributed by atoms with E-state index >= 15 is 0 Å². The second-order valence-corrected chi connectivity index (χ2v) is 6.04. The summed E-state index contributed by atoms with van der Waals surface area (Å²) in [4.78, 5) is 2.41. The van der Waals surface area contributed by atoms with Crippen molar-refractivity contribution in [3.63, 3.8) is 0 Å². The Morgan fingerprint density at radius 1 is 1.21 bits per heavy atom. The van der Waals surface area contributed by atoms with Crippen LogP contribution in [0.3, 0.4) is 0 Å². The van der Waals surface area contributed by atoms with E-state index in [1.807, 2.05) is 12.1 Å². The minimum atomic E-state index is 0.00783. The highest BCUT2D eigenvalue weighted by Gasteiger charge is 2.31. The quantitative estimate of drug-likeness (QED) is 0.892. The second-order valence-electron chi connectivity index (χ2n) is 5.63. The van der Waals surface area contributed by atoms with Crippen LogP contribution in [0.25, 0.3) is 0 Å². The van der Waals surface area contributed by atoms with Crippen LogP contribution in [0.1, 0.15) is 45.1 Å². The van der Waals surface area contributed by atoms with Crippen molar-refractivity contribution < 1.29 is 5.11 Å². The summed E-state index contributed by atoms with van der Waals surface area (Å²) in [5.74, 6) is 0. The lowest BCUT2D eigenvalue weighted by Crippen LogP contribution is -2.39. The molecule has 1 aromatic carbocycles. The summed E-state index contributed by atoms with van der Waals surface area (Å²) < 4.78 is 0. The highest BCUT2D eigenvalue weighted by Crippen LogP contribution is 2.39. The Hall–Kier alpha value is -0.730. The van der Waals surface area contributed by atoms with Gasteiger partial charge in [-0.25, -0.2) is 0 Å². The Morgan fingerprint density at radius 2 is 1.84 bits per heavy atom. The minimum absolute atomic E-state index is 0.00783. The lowest BCUT2D eigenvalue weighted by atomic mass is 9.74. The van der Waals surface area contributed by atoms with Gasteiger partial charge in [-0.15, -0.1) is 0 Å². The highest BCUT2D eigenvalue weighted by atomic mass is 35.5. The van der Waals surface area contributed by atoms with Gasteiger partial charge in [0.15, 0.2) is 0 Å². The van der Waals surface area contributed by atoms with Crippen molar-refractivity contribution in [2.45, 2.75) is 46.1 Å². The molecule has 1 saturated heterocycles. The van der Waals surface area contributed by atoms with Gasteiger partial charge in [-0.2, -0.15) is 0 Å². The third-order valence-electron chi connectivity index (χ3n) is 4.90. The molecule has 0 aromatic heterocycles. The van der Waals surface area contributed by atoms with Crippen molar-refractivity contribution in [2.24, 2.45) is 5.41 Å². The zero-order chi connectivity index (χ0) is 13.9. The van der Waals surface area contributed by atoms with Crippen molar-refractivity contribution in [3.8, 4) is 0 Å². The molecule has 3 heteroatoms. The summed E-state index contributed by atoms with van der Waals surface area (Å²) in [5.41, 5.74) is 2.53. The normalized spacial score (nSPS) is 18.6. The van der Waals surface area contributed by atoms with Crippen LogP contribution < -0.4 is 4.90 Å². The number of aliphatic hydroxyl groups is 1. The highest BCUT2D eigenvalue weighted by molar-refractivity contribution is 6.31. The van der Waals surface area contributed by atoms with Crippen molar-refractivity contribution in [2.75, 3.05) is 18.0 Å². The van der Waals surface area contributed by atoms with E-state index in [0.717, 1.165) is 18.7 Å². The first-order valence-electron chi connectivity index (χ1n) is 7.28. The number of hydrogen-bond acceptors (Lipinski definition) is 2. The number of nitrogens with zero attached hydrogens (tertiary/aromatic N) is 1. The third kappa shape index (κ3) is 3.06. The van der Waals surface area contributed by atoms with Gasteiger partial charge >= 0.3 is 0 Å². The molecule has 1 heterocycles. The van der Waals surface area contributed by atoms with Crippen molar-refractivity contribution in [1.82, 2.24) is 0 Å². The number of halogens is 1. The van der Waals surface area contributed by atoms with E-state index in [0.29, 0.717) is 10.4 Å². The van der Waals surface area contributed by atoms with Gasteiger partial charge in [0.2, 0.25) is 0 Å². The van der Waals surface area contributed by atoms with Crippen molar-refractivity contribution in [1.29, 1.82) is 0 Å². The van der Waals surface area contributed by atoms with Crippen molar-refractivity contribution >= 4 is 17.3 Å². The molecule has 0 aliphatic carbocycles. The summed E-state index contributed by atoms with van der Waals surface area (Å²) in [5, 5.41) is 9.82. The van der Waals surface area contributed by atoms with Crippen LogP contribution in [0.4, 0.5) is 5.69 Å². The fourth-order valence-electron chi connectivity index (χ4n) is 3.06. The first kappa shape index (κ1) is 14.7. The van der Waals surface area contributed by atoms with E-state index in [1.165, 1.54) is 31.4 Å². The number of anilines is 1. The summed E-state index contributed by atoms with van der Waals surface area (Å²) in [7, 11) is 0. The van der Waals surface area contributed by atoms with Gasteiger partial charge in [-0.05, 0) is 36.0 Å². The largest absolute Gasteiger partial charge is 0.392 e. The molecule has 1 N–H and O–H groups in total. The average molecular weight is 282 g/mol. The SMILES string of the molecule is CCC1(CC)CCN(c2ccc(CO)c(Cl)c2)CC1. The number of piperidine rings is 1. The summed E-state index contributed by atoms with van der Waals surface area (Å²) in [6, 6.07) is 5.99. The molecule has 1 aliphatic heterocycles. The van der Waals surface area contributed by atoms with Gasteiger partial charge in [-0.1, -0.05) is 44.4 Å². The van der Waals surface area contributed by atoms with Crippen LogP contribution in [0.5, 0.6) is 0 Å². The van der Waals surface area contributed by atoms with Crippen LogP contribution in [0.2, 0.25) is 5.02 Å². The van der Waals surface area contributed by atoms with Gasteiger partial charge in [0, 0.05) is 23.8 Å². The molecule has 19 heavy (non-hydrogen) atoms. The lowest BCUT2D eigenvalue weighted by molar-refractivity contribution is 0.199. The molecule has 0 unspecified atom stereocenters. The minimum Gasteiger partial charge on any atom is -0.392 e. The van der Waals surface area contributed by atoms with Gasteiger partial charge in [0.05, 0.1) is 6.61 Å². The van der Waals surface area contributed by atoms with Crippen LogP contribution in [-0.2, 0) is 6.61 Å². The molecular formula is C16H24ClNO. The van der Waals surface area contributed by atoms with E-state index in [1.54, 1.807) is 0 Å². The van der Waals surface area contributed by atoms with E-state index in [-0.39, 0.29) is 6.61 Å². The Bertz CT molecular complexity index is 419. The first-order valence-corrected chi connectivity index (χ1v) is 7.66. The molecule has 0 radical (unpaired) electrons. The smallest absolute Gasteiger partial charge is 0.0696 e. The molecule has 0 amide bonds. The van der Waals surface area contributed by atoms with Gasteiger partial charge in [0.1, 0.15) is 0 Å². The topological polar surface area (TPSA) is 23.5 Å². The number of aliphatic hydroxyl groups excluding tert-OH is 1. The van der Waals surface area contributed by atoms with Crippen molar-refractivity contribution in [3.05, 3.63) is 28.8 Å². The molecule has 2 rings (SSSR count). The summed E-state index contributed by atoms with van der Waals surface area (Å²) in [6.07, 6.45) is 5.09. The maximum Gasteiger partial charge on any atom is 0.0696 e. The molecule has 0 atom stereocenters. The number of benzene rings is 1. The summed E-state index contributed by atoms with van der Waals surface area (Å²) in [6.45, 7) is 6.85. The van der Waals surface area contributed by atoms with Crippen LogP contribution >= 0.6 is 11.6 Å². The lowest BCUT2D eigenvalue weighted by Gasteiger charge is -2.42. The molecule has 1 fully saturated rings. The number of rotatable bonds is 4. The molecular weight excluding hydrogens is 258 g/mol. The zero-order valence-corrected chi connectivity index (χ0v) is 12.7. The van der Waals surface area contributed by atoms with Crippen LogP contribution in [0.15, 0.2) is 18.2 Å². The molecule has 0 spiro atoms. The second kappa shape index (κ2) is 6.15. The molecule has 0 bridgehead atoms. The first-order chi connectivity index (χ1) is 9.14. The molecule has 106 valence electrons. The standard InChI is InChI=1S/C16H24ClNO/c1-3-16(4-2)7-9-18(10-8-16)14-6-5-13(12-19)15(17)11-14/h5-6,11,19H,3-4,7-10,12H2,1-2H3. The van der Waals surface area contributed by atoms with E-state index in [4.69, 9.17) is 16.7 Å². The average Bonchev–Trinajstić information content (AvgIpc) is 2.47. The zero-order valence-electron chi connectivity index (χ0n) is 12.0. The van der Waals surface area contributed by atoms with Gasteiger partial charge in [0.25, 0.3) is 0 Å². The number of hydrogen-bond donors (Lipinski definition) is 1. The summed E-state index contributed by atoms with van der Waals surface area (Å²) >= 11 is 6.17. The van der Waals surface area contributed by atoms with Gasteiger partial charge < -0.3 is 10.0 Å². The monoisotopic (exact) mass is 281 g/mol. The Labute approximate surface area is 121 Å². The van der Waals surface area contributed by atoms with Crippen LogP contribution in [0, 0.1) is 5.41 Å². The fourth-order valence-corrected chi connectivity index (χ4v) is 3.29. The fraction of sp³-hybridized carbons (Fsp3) is 0.625. The van der Waals surface area contributed by atoms with E-state index in [9.17, 15) is 0 Å². The molecule has 2 nitrogen and oxygen atoms in total. The van der Waals surface area contributed by atoms with E-state index < -0.39 is 0 Å². The predicted octanol–water partition coefficient (Wildman–Crippen LogP) is 4.24. The Morgan fingerprint density at radius 3 is 2.32 bits per heavy atom. The van der Waals surface area contributed by atoms with Gasteiger partial charge in [-0.3, -0.25) is 0 Å². The molecule has 1 aromatic rings. The molecule has 0 saturated carbocycles. The maximum atomic E-state index is 9.15. The Balaban J connectivity index is 2.07. The van der Waals surface area contributed by atoms with Crippen LogP contribution in [-0.4, -0.2) is 18.2 Å².